The SMILES string of the molecule is CN(C)C(=O)N1C[C@H]2CC[C@@H](C1)N(C(=O)c1ccc(F)cc1Cl)C2. The van der Waals surface area contributed by atoms with Crippen molar-refractivity contribution in [1.82, 2.24) is 14.7 Å². The maximum absolute atomic E-state index is 13.2. The molecule has 3 fully saturated rings. The molecule has 4 rings (SSSR count). The van der Waals surface area contributed by atoms with Gasteiger partial charge in [0.1, 0.15) is 5.82 Å². The molecule has 0 N–H and O–H groups in total. The number of nitrogens with zero attached hydrogens (tertiary/aromatic N) is 3. The number of hydrogen-bond acceptors (Lipinski definition) is 2. The molecule has 0 radical (unpaired) electrons. The van der Waals surface area contributed by atoms with E-state index < -0.39 is 5.82 Å². The summed E-state index contributed by atoms with van der Waals surface area (Å²) in [6.45, 7) is 1.79. The largest absolute Gasteiger partial charge is 0.333 e. The van der Waals surface area contributed by atoms with Gasteiger partial charge in [-0.05, 0) is 37.0 Å². The Morgan fingerprint density at radius 1 is 1.21 bits per heavy atom. The highest BCUT2D eigenvalue weighted by Gasteiger charge is 2.39. The summed E-state index contributed by atoms with van der Waals surface area (Å²) < 4.78 is 13.2. The zero-order chi connectivity index (χ0) is 17.4. The Morgan fingerprint density at radius 3 is 2.62 bits per heavy atom. The summed E-state index contributed by atoms with van der Waals surface area (Å²) in [6.07, 6.45) is 1.87. The van der Waals surface area contributed by atoms with Crippen LogP contribution in [0.25, 0.3) is 0 Å². The van der Waals surface area contributed by atoms with Crippen LogP contribution in [0.5, 0.6) is 0 Å². The zero-order valence-corrected chi connectivity index (χ0v) is 14.6. The molecule has 24 heavy (non-hydrogen) atoms. The van der Waals surface area contributed by atoms with Crippen molar-refractivity contribution in [1.29, 1.82) is 0 Å². The van der Waals surface area contributed by atoms with Crippen molar-refractivity contribution in [3.8, 4) is 0 Å². The van der Waals surface area contributed by atoms with Gasteiger partial charge in [0.25, 0.3) is 5.91 Å². The molecule has 0 spiro atoms. The third-order valence-electron chi connectivity index (χ3n) is 4.79. The standard InChI is InChI=1S/C17H21ClFN3O2/c1-20(2)17(24)21-8-11-3-5-13(10-21)22(9-11)16(23)14-6-4-12(19)7-15(14)18/h4,6-7,11,13H,3,5,8-10H2,1-2H3/t11-,13+/m1/s1. The van der Waals surface area contributed by atoms with Crippen molar-refractivity contribution in [2.45, 2.75) is 18.9 Å². The van der Waals surface area contributed by atoms with Crippen molar-refractivity contribution in [2.75, 3.05) is 33.7 Å². The van der Waals surface area contributed by atoms with Gasteiger partial charge in [0, 0.05) is 39.8 Å². The first kappa shape index (κ1) is 17.0. The van der Waals surface area contributed by atoms with Crippen LogP contribution >= 0.6 is 11.6 Å². The van der Waals surface area contributed by atoms with Crippen LogP contribution in [0.3, 0.4) is 0 Å². The van der Waals surface area contributed by atoms with Crippen LogP contribution in [0.15, 0.2) is 18.2 Å². The lowest BCUT2D eigenvalue weighted by atomic mass is 9.94. The Kier molecular flexibility index (Phi) is 4.67. The third-order valence-corrected chi connectivity index (χ3v) is 5.10. The second kappa shape index (κ2) is 6.59. The van der Waals surface area contributed by atoms with E-state index in [1.165, 1.54) is 12.1 Å². The monoisotopic (exact) mass is 353 g/mol. The van der Waals surface area contributed by atoms with Gasteiger partial charge in [0.05, 0.1) is 10.6 Å². The molecule has 1 aromatic carbocycles. The molecule has 3 saturated heterocycles. The summed E-state index contributed by atoms with van der Waals surface area (Å²) in [5, 5.41) is 0.126. The topological polar surface area (TPSA) is 43.9 Å². The van der Waals surface area contributed by atoms with Gasteiger partial charge >= 0.3 is 6.03 Å². The van der Waals surface area contributed by atoms with Gasteiger partial charge in [0.15, 0.2) is 0 Å². The number of hydrogen-bond donors (Lipinski definition) is 0. The minimum atomic E-state index is -0.461. The molecule has 3 heterocycles. The Hall–Kier alpha value is -1.82. The number of carbonyl (C=O) groups excluding carboxylic acids is 2. The number of amides is 3. The fourth-order valence-electron chi connectivity index (χ4n) is 3.59. The van der Waals surface area contributed by atoms with Crippen LogP contribution in [-0.2, 0) is 0 Å². The summed E-state index contributed by atoms with van der Waals surface area (Å²) in [5.41, 5.74) is 0.316. The highest BCUT2D eigenvalue weighted by Crippen LogP contribution is 2.31. The van der Waals surface area contributed by atoms with Crippen LogP contribution in [-0.4, -0.2) is 66.4 Å². The number of rotatable bonds is 1. The molecular formula is C17H21ClFN3O2. The van der Waals surface area contributed by atoms with Gasteiger partial charge in [-0.15, -0.1) is 0 Å². The molecule has 3 aliphatic heterocycles. The first-order valence-corrected chi connectivity index (χ1v) is 8.47. The summed E-state index contributed by atoms with van der Waals surface area (Å²) in [7, 11) is 3.46. The molecule has 0 aromatic heterocycles. The van der Waals surface area contributed by atoms with Gasteiger partial charge in [-0.2, -0.15) is 0 Å². The average Bonchev–Trinajstić information content (AvgIpc) is 2.85. The van der Waals surface area contributed by atoms with E-state index in [0.29, 0.717) is 25.2 Å². The molecule has 2 bridgehead atoms. The van der Waals surface area contributed by atoms with Crippen molar-refractivity contribution in [2.24, 2.45) is 5.92 Å². The molecule has 0 unspecified atom stereocenters. The molecule has 2 atom stereocenters. The molecular weight excluding hydrogens is 333 g/mol. The highest BCUT2D eigenvalue weighted by atomic mass is 35.5. The van der Waals surface area contributed by atoms with E-state index in [4.69, 9.17) is 11.6 Å². The molecule has 3 amide bonds. The Balaban J connectivity index is 1.83. The number of halogens is 2. The predicted octanol–water partition coefficient (Wildman–Crippen LogP) is 2.70. The maximum Gasteiger partial charge on any atom is 0.319 e. The number of fused-ring (bicyclic) bond motifs is 4. The summed E-state index contributed by atoms with van der Waals surface area (Å²) >= 11 is 6.05. The fourth-order valence-corrected chi connectivity index (χ4v) is 3.84. The van der Waals surface area contributed by atoms with Gasteiger partial charge in [-0.25, -0.2) is 9.18 Å². The predicted molar refractivity (Wildman–Crippen MR) is 89.6 cm³/mol. The number of piperidine rings is 1. The Bertz CT molecular complexity index is 667. The number of urea groups is 1. The minimum Gasteiger partial charge on any atom is -0.333 e. The molecule has 0 saturated carbocycles. The van der Waals surface area contributed by atoms with Crippen molar-refractivity contribution in [3.63, 3.8) is 0 Å². The van der Waals surface area contributed by atoms with Crippen LogP contribution in [0.4, 0.5) is 9.18 Å². The molecule has 7 heteroatoms. The number of benzene rings is 1. The molecule has 1 aromatic rings. The van der Waals surface area contributed by atoms with Gasteiger partial charge < -0.3 is 14.7 Å². The average molecular weight is 354 g/mol. The van der Waals surface area contributed by atoms with Crippen LogP contribution < -0.4 is 0 Å². The smallest absolute Gasteiger partial charge is 0.319 e. The normalized spacial score (nSPS) is 23.2. The fraction of sp³-hybridized carbons (Fsp3) is 0.529. The van der Waals surface area contributed by atoms with E-state index in [1.807, 2.05) is 4.90 Å². The lowest BCUT2D eigenvalue weighted by Crippen LogP contribution is -2.48. The van der Waals surface area contributed by atoms with Gasteiger partial charge in [0.2, 0.25) is 0 Å². The highest BCUT2D eigenvalue weighted by molar-refractivity contribution is 6.33. The van der Waals surface area contributed by atoms with Crippen molar-refractivity contribution in [3.05, 3.63) is 34.6 Å². The lowest BCUT2D eigenvalue weighted by molar-refractivity contribution is 0.0586. The first-order valence-electron chi connectivity index (χ1n) is 8.09. The van der Waals surface area contributed by atoms with E-state index in [2.05, 4.69) is 0 Å². The van der Waals surface area contributed by atoms with Crippen LogP contribution in [0, 0.1) is 11.7 Å². The first-order chi connectivity index (χ1) is 11.4. The molecule has 3 aliphatic rings. The third kappa shape index (κ3) is 3.20. The summed E-state index contributed by atoms with van der Waals surface area (Å²) in [5.74, 6) is -0.388. The van der Waals surface area contributed by atoms with E-state index >= 15 is 0 Å². The van der Waals surface area contributed by atoms with E-state index in [9.17, 15) is 14.0 Å². The van der Waals surface area contributed by atoms with Crippen LogP contribution in [0.2, 0.25) is 5.02 Å². The van der Waals surface area contributed by atoms with Crippen molar-refractivity contribution >= 4 is 23.5 Å². The van der Waals surface area contributed by atoms with Crippen LogP contribution in [0.1, 0.15) is 23.2 Å². The second-order valence-corrected chi connectivity index (χ2v) is 7.17. The minimum absolute atomic E-state index is 0.0266. The second-order valence-electron chi connectivity index (χ2n) is 6.76. The van der Waals surface area contributed by atoms with E-state index in [1.54, 1.807) is 23.9 Å². The van der Waals surface area contributed by atoms with Crippen molar-refractivity contribution < 1.29 is 14.0 Å². The lowest BCUT2D eigenvalue weighted by Gasteiger charge is -2.36. The molecule has 5 nitrogen and oxygen atoms in total. The summed E-state index contributed by atoms with van der Waals surface area (Å²) in [6, 6.07) is 3.78. The summed E-state index contributed by atoms with van der Waals surface area (Å²) in [4.78, 5) is 30.4. The molecule has 0 aliphatic carbocycles. The van der Waals surface area contributed by atoms with Gasteiger partial charge in [-0.3, -0.25) is 4.79 Å². The maximum atomic E-state index is 13.2. The Morgan fingerprint density at radius 2 is 1.96 bits per heavy atom. The Labute approximate surface area is 146 Å². The van der Waals surface area contributed by atoms with E-state index in [0.717, 1.165) is 18.9 Å². The molecule has 130 valence electrons. The van der Waals surface area contributed by atoms with E-state index in [-0.39, 0.29) is 28.9 Å². The quantitative estimate of drug-likeness (QED) is 0.779. The number of carbonyl (C=O) groups is 2. The zero-order valence-electron chi connectivity index (χ0n) is 13.8. The van der Waals surface area contributed by atoms with Gasteiger partial charge in [-0.1, -0.05) is 11.6 Å².